The normalized spacial score (nSPS) is 44.3. The lowest BCUT2D eigenvalue weighted by Crippen LogP contribution is -2.37. The number of ether oxygens (including phenoxy) is 3. The zero-order chi connectivity index (χ0) is 22.8. The maximum Gasteiger partial charge on any atom is 0.340 e. The second-order valence-electron chi connectivity index (χ2n) is 7.03. The smallest absolute Gasteiger partial charge is 0.340 e. The Morgan fingerprint density at radius 1 is 1.16 bits per heavy atom. The number of hydrogen-bond acceptors (Lipinski definition) is 14. The highest BCUT2D eigenvalue weighted by molar-refractivity contribution is 8.10. The molecule has 4 rings (SSSR count). The lowest BCUT2D eigenvalue weighted by Gasteiger charge is -2.40. The van der Waals surface area contributed by atoms with E-state index in [1.807, 2.05) is 0 Å². The molecule has 0 saturated carbocycles. The van der Waals surface area contributed by atoms with Gasteiger partial charge in [0.05, 0.1) is 6.61 Å². The Morgan fingerprint density at radius 2 is 1.77 bits per heavy atom. The first kappa shape index (κ1) is 23.6. The third kappa shape index (κ3) is 5.02. The van der Waals surface area contributed by atoms with Crippen LogP contribution in [0.15, 0.2) is 21.9 Å². The first-order chi connectivity index (χ1) is 14.2. The summed E-state index contributed by atoms with van der Waals surface area (Å²) in [7, 11) is -10.6. The number of aromatic amines is 1. The predicted molar refractivity (Wildman–Crippen MR) is 97.8 cm³/mol. The van der Waals surface area contributed by atoms with E-state index in [0.717, 1.165) is 10.6 Å². The minimum absolute atomic E-state index is 0.535. The SMILES string of the molecule is CC1(C)O[C@@H]2[C@H](O1)[C@@H](COP1(=S)OP(=O)([O-])OP(=O)([O-])O1)O[C@H]2n1ccc(=O)[nH]c1=O. The van der Waals surface area contributed by atoms with Crippen molar-refractivity contribution in [2.45, 2.75) is 44.2 Å². The molecule has 19 heteroatoms. The monoisotopic (exact) mass is 520 g/mol. The fraction of sp³-hybridized carbons (Fsp3) is 0.667. The molecule has 2 unspecified atom stereocenters. The van der Waals surface area contributed by atoms with Crippen molar-refractivity contribution in [2.24, 2.45) is 0 Å². The second-order valence-corrected chi connectivity index (χ2v) is 13.3. The van der Waals surface area contributed by atoms with Crippen LogP contribution in [0.25, 0.3) is 0 Å². The summed E-state index contributed by atoms with van der Waals surface area (Å²) in [6.07, 6.45) is -2.53. The van der Waals surface area contributed by atoms with Crippen LogP contribution in [0.5, 0.6) is 0 Å². The average Bonchev–Trinajstić information content (AvgIpc) is 3.03. The van der Waals surface area contributed by atoms with E-state index in [1.54, 1.807) is 13.8 Å². The molecule has 3 aliphatic heterocycles. The summed E-state index contributed by atoms with van der Waals surface area (Å²) in [6.45, 7) is -1.63. The standard InChI is InChI=1S/C12H17N2O13P3S/c1-12(2)23-8-6(5-21-30(31)26-28(17,18)25-29(19,20)27-30)22-10(9(8)24-12)14-4-3-7(15)13-11(14)16/h3-4,6,8-10H,5H2,1-2H3,(H,17,18)(H,19,20)(H,13,15,16)/p-2/t6-,8-,9-,10-/m1/s1. The minimum Gasteiger partial charge on any atom is -0.756 e. The highest BCUT2D eigenvalue weighted by atomic mass is 32.5. The van der Waals surface area contributed by atoms with E-state index in [2.05, 4.69) is 17.9 Å². The van der Waals surface area contributed by atoms with Crippen molar-refractivity contribution in [1.29, 1.82) is 0 Å². The van der Waals surface area contributed by atoms with E-state index >= 15 is 0 Å². The molecule has 0 bridgehead atoms. The Balaban J connectivity index is 1.57. The van der Waals surface area contributed by atoms with E-state index in [4.69, 9.17) is 30.5 Å². The summed E-state index contributed by atoms with van der Waals surface area (Å²) in [5.41, 5.74) is -1.38. The van der Waals surface area contributed by atoms with Gasteiger partial charge in [-0.05, 0) is 25.7 Å². The summed E-state index contributed by atoms with van der Waals surface area (Å²) in [5.74, 6) is -1.08. The molecule has 0 spiro atoms. The largest absolute Gasteiger partial charge is 0.756 e. The lowest BCUT2D eigenvalue weighted by atomic mass is 10.1. The van der Waals surface area contributed by atoms with Crippen LogP contribution in [-0.2, 0) is 52.6 Å². The molecule has 0 amide bonds. The Morgan fingerprint density at radius 3 is 2.39 bits per heavy atom. The highest BCUT2D eigenvalue weighted by Crippen LogP contribution is 2.77. The van der Waals surface area contributed by atoms with E-state index in [1.165, 1.54) is 6.20 Å². The van der Waals surface area contributed by atoms with Crippen LogP contribution in [0.2, 0.25) is 0 Å². The molecule has 3 aliphatic rings. The van der Waals surface area contributed by atoms with Crippen molar-refractivity contribution in [3.63, 3.8) is 0 Å². The number of nitrogens with zero attached hydrogens (tertiary/aromatic N) is 1. The first-order valence-corrected chi connectivity index (χ1v) is 14.0. The summed E-state index contributed by atoms with van der Waals surface area (Å²) < 4.78 is 59.2. The van der Waals surface area contributed by atoms with Crippen molar-refractivity contribution in [3.05, 3.63) is 33.1 Å². The zero-order valence-electron chi connectivity index (χ0n) is 15.7. The maximum absolute atomic E-state index is 12.2. The van der Waals surface area contributed by atoms with Crippen LogP contribution in [0.3, 0.4) is 0 Å². The van der Waals surface area contributed by atoms with Crippen LogP contribution in [-0.4, -0.2) is 40.3 Å². The third-order valence-electron chi connectivity index (χ3n) is 4.25. The topological polar surface area (TPSA) is 200 Å². The molecule has 3 fully saturated rings. The fourth-order valence-corrected chi connectivity index (χ4v) is 9.73. The van der Waals surface area contributed by atoms with Crippen LogP contribution in [0.1, 0.15) is 20.1 Å². The van der Waals surface area contributed by atoms with Gasteiger partial charge in [0.25, 0.3) is 21.2 Å². The van der Waals surface area contributed by atoms with Gasteiger partial charge >= 0.3 is 12.4 Å². The third-order valence-corrected chi connectivity index (χ3v) is 11.0. The van der Waals surface area contributed by atoms with E-state index in [0.29, 0.717) is 0 Å². The molecule has 3 saturated heterocycles. The molecule has 0 aromatic carbocycles. The van der Waals surface area contributed by atoms with Crippen LogP contribution in [0, 0.1) is 0 Å². The Kier molecular flexibility index (Phi) is 5.89. The van der Waals surface area contributed by atoms with Gasteiger partial charge in [-0.1, -0.05) is 0 Å². The summed E-state index contributed by atoms with van der Waals surface area (Å²) in [5, 5.41) is 0. The summed E-state index contributed by atoms with van der Waals surface area (Å²) >= 11 is 4.81. The number of phosphoric acid groups is 2. The highest BCUT2D eigenvalue weighted by Gasteiger charge is 2.56. The van der Waals surface area contributed by atoms with Gasteiger partial charge in [-0.25, -0.2) is 17.7 Å². The van der Waals surface area contributed by atoms with Crippen LogP contribution < -0.4 is 21.0 Å². The van der Waals surface area contributed by atoms with Gasteiger partial charge in [0.1, 0.15) is 18.3 Å². The van der Waals surface area contributed by atoms with Crippen molar-refractivity contribution in [2.75, 3.05) is 6.61 Å². The number of rotatable bonds is 4. The number of fused-ring (bicyclic) bond motifs is 1. The summed E-state index contributed by atoms with van der Waals surface area (Å²) in [6, 6.07) is 1.11. The van der Waals surface area contributed by atoms with E-state index < -0.39 is 70.5 Å². The molecule has 1 aromatic heterocycles. The quantitative estimate of drug-likeness (QED) is 0.484. The molecule has 15 nitrogen and oxygen atoms in total. The Labute approximate surface area is 178 Å². The zero-order valence-corrected chi connectivity index (χ0v) is 19.2. The number of aromatic nitrogens is 2. The summed E-state index contributed by atoms with van der Waals surface area (Å²) in [4.78, 5) is 48.6. The van der Waals surface area contributed by atoms with Gasteiger partial charge in [-0.2, -0.15) is 0 Å². The second kappa shape index (κ2) is 7.74. The van der Waals surface area contributed by atoms with Gasteiger partial charge in [0.2, 0.25) is 0 Å². The molecule has 6 atom stereocenters. The number of nitrogens with one attached hydrogen (secondary N) is 1. The Hall–Kier alpha value is -0.570. The first-order valence-electron chi connectivity index (χ1n) is 8.51. The van der Waals surface area contributed by atoms with Crippen molar-refractivity contribution >= 4 is 34.2 Å². The van der Waals surface area contributed by atoms with Crippen molar-refractivity contribution in [3.8, 4) is 0 Å². The van der Waals surface area contributed by atoms with Gasteiger partial charge in [0, 0.05) is 12.3 Å². The average molecular weight is 520 g/mol. The molecule has 1 aromatic rings. The molecule has 1 N–H and O–H groups in total. The number of H-pyrrole nitrogens is 1. The van der Waals surface area contributed by atoms with Crippen LogP contribution >= 0.6 is 22.4 Å². The molecule has 0 aliphatic carbocycles. The lowest BCUT2D eigenvalue weighted by molar-refractivity contribution is -0.241. The van der Waals surface area contributed by atoms with Gasteiger partial charge in [-0.15, -0.1) is 0 Å². The predicted octanol–water partition coefficient (Wildman–Crippen LogP) is -0.805. The van der Waals surface area contributed by atoms with E-state index in [9.17, 15) is 28.5 Å². The molecule has 4 heterocycles. The van der Waals surface area contributed by atoms with E-state index in [-0.39, 0.29) is 0 Å². The number of hydrogen-bond donors (Lipinski definition) is 1. The molecule has 174 valence electrons. The molecule has 31 heavy (non-hydrogen) atoms. The van der Waals surface area contributed by atoms with Crippen molar-refractivity contribution in [1.82, 2.24) is 9.55 Å². The maximum atomic E-state index is 12.2. The van der Waals surface area contributed by atoms with Gasteiger partial charge in [0.15, 0.2) is 12.0 Å². The molecular formula is C12H15N2O13P3S-2. The fourth-order valence-electron chi connectivity index (χ4n) is 3.27. The molecular weight excluding hydrogens is 505 g/mol. The molecule has 0 radical (unpaired) electrons. The van der Waals surface area contributed by atoms with Gasteiger partial charge < -0.3 is 28.5 Å². The van der Waals surface area contributed by atoms with Crippen LogP contribution in [0.4, 0.5) is 0 Å². The minimum atomic E-state index is -5.31. The van der Waals surface area contributed by atoms with Gasteiger partial charge in [-0.3, -0.25) is 23.5 Å². The van der Waals surface area contributed by atoms with Crippen molar-refractivity contribution < 1.29 is 50.6 Å². The Bertz CT molecular complexity index is 1120.